The van der Waals surface area contributed by atoms with E-state index in [4.69, 9.17) is 19.9 Å². The normalized spacial score (nSPS) is 12.3. The van der Waals surface area contributed by atoms with Gasteiger partial charge < -0.3 is 14.9 Å². The summed E-state index contributed by atoms with van der Waals surface area (Å²) in [5, 5.41) is 0.198. The van der Waals surface area contributed by atoms with E-state index in [1.807, 2.05) is 42.5 Å². The van der Waals surface area contributed by atoms with E-state index in [2.05, 4.69) is 38.8 Å². The van der Waals surface area contributed by atoms with Gasteiger partial charge in [-0.05, 0) is 42.4 Å². The number of nitrogen functional groups attached to an aromatic ring is 1. The molecule has 0 bridgehead atoms. The van der Waals surface area contributed by atoms with Crippen LogP contribution < -0.4 is 10.5 Å². The maximum absolute atomic E-state index is 6.17. The molecule has 0 saturated heterocycles. The highest BCUT2D eigenvalue weighted by Gasteiger charge is 2.36. The van der Waals surface area contributed by atoms with Gasteiger partial charge in [0, 0.05) is 17.3 Å². The van der Waals surface area contributed by atoms with Crippen LogP contribution in [0.5, 0.6) is 5.75 Å². The number of anilines is 1. The van der Waals surface area contributed by atoms with Crippen molar-refractivity contribution in [2.24, 2.45) is 0 Å². The quantitative estimate of drug-likeness (QED) is 0.349. The van der Waals surface area contributed by atoms with Crippen molar-refractivity contribution < 1.29 is 9.16 Å². The van der Waals surface area contributed by atoms with E-state index >= 15 is 0 Å². The second-order valence-electron chi connectivity index (χ2n) is 8.49. The second-order valence-corrected chi connectivity index (χ2v) is 13.3. The highest BCUT2D eigenvalue weighted by molar-refractivity contribution is 6.74. The molecular formula is C22H29N3O2Si. The Morgan fingerprint density at radius 3 is 2.36 bits per heavy atom. The zero-order valence-corrected chi connectivity index (χ0v) is 18.3. The van der Waals surface area contributed by atoms with Crippen LogP contribution in [-0.2, 0) is 4.43 Å². The Morgan fingerprint density at radius 2 is 1.68 bits per heavy atom. The van der Waals surface area contributed by atoms with Crippen LogP contribution in [0.25, 0.3) is 22.3 Å². The van der Waals surface area contributed by atoms with Gasteiger partial charge in [0.25, 0.3) is 0 Å². The zero-order chi connectivity index (χ0) is 20.4. The van der Waals surface area contributed by atoms with Gasteiger partial charge >= 0.3 is 0 Å². The van der Waals surface area contributed by atoms with E-state index in [9.17, 15) is 0 Å². The van der Waals surface area contributed by atoms with Gasteiger partial charge in [0.05, 0.1) is 29.5 Å². The number of aromatic nitrogens is 2. The molecule has 5 nitrogen and oxygen atoms in total. The van der Waals surface area contributed by atoms with Gasteiger partial charge in [-0.15, -0.1) is 0 Å². The minimum Gasteiger partial charge on any atom is -0.491 e. The molecule has 6 heteroatoms. The smallest absolute Gasteiger partial charge is 0.192 e. The number of nitrogens with two attached hydrogens (primary N) is 1. The van der Waals surface area contributed by atoms with Crippen molar-refractivity contribution in [2.75, 3.05) is 18.9 Å². The summed E-state index contributed by atoms with van der Waals surface area (Å²) in [4.78, 5) is 9.24. The number of rotatable bonds is 6. The van der Waals surface area contributed by atoms with E-state index in [0.29, 0.717) is 13.2 Å². The van der Waals surface area contributed by atoms with Crippen molar-refractivity contribution in [3.8, 4) is 17.0 Å². The molecule has 0 radical (unpaired) electrons. The third-order valence-electron chi connectivity index (χ3n) is 5.34. The maximum atomic E-state index is 6.17. The lowest BCUT2D eigenvalue weighted by Gasteiger charge is -2.36. The summed E-state index contributed by atoms with van der Waals surface area (Å²) >= 11 is 0. The number of fused-ring (bicyclic) bond motifs is 1. The molecule has 2 aromatic carbocycles. The standard InChI is InChI=1S/C22H29N3O2Si/c1-22(2,3)28(4,5)27-13-12-26-18-10-11-19-20(14-18)25-21(15-24-19)16-6-8-17(23)9-7-16/h6-11,14-15H,12-13,23H2,1-5H3. The van der Waals surface area contributed by atoms with Crippen molar-refractivity contribution >= 4 is 25.0 Å². The van der Waals surface area contributed by atoms with Gasteiger partial charge in [0.1, 0.15) is 12.4 Å². The molecule has 0 spiro atoms. The van der Waals surface area contributed by atoms with Gasteiger partial charge in [-0.25, -0.2) is 4.98 Å². The molecule has 2 N–H and O–H groups in total. The largest absolute Gasteiger partial charge is 0.491 e. The number of nitrogens with zero attached hydrogens (tertiary/aromatic N) is 2. The molecule has 148 valence electrons. The summed E-state index contributed by atoms with van der Waals surface area (Å²) in [6.07, 6.45) is 1.78. The van der Waals surface area contributed by atoms with Crippen molar-refractivity contribution in [3.63, 3.8) is 0 Å². The highest BCUT2D eigenvalue weighted by Crippen LogP contribution is 2.36. The lowest BCUT2D eigenvalue weighted by atomic mass is 10.1. The van der Waals surface area contributed by atoms with Gasteiger partial charge in [-0.1, -0.05) is 32.9 Å². The number of hydrogen-bond acceptors (Lipinski definition) is 5. The summed E-state index contributed by atoms with van der Waals surface area (Å²) < 4.78 is 12.1. The summed E-state index contributed by atoms with van der Waals surface area (Å²) in [6, 6.07) is 13.4. The Kier molecular flexibility index (Phi) is 5.72. The SMILES string of the molecule is CC(C)(C)[Si](C)(C)OCCOc1ccc2ncc(-c3ccc(N)cc3)nc2c1. The molecular weight excluding hydrogens is 366 g/mol. The Balaban J connectivity index is 1.68. The molecule has 28 heavy (non-hydrogen) atoms. The molecule has 0 aliphatic heterocycles. The number of benzene rings is 2. The number of ether oxygens (including phenoxy) is 1. The van der Waals surface area contributed by atoms with Crippen molar-refractivity contribution in [1.29, 1.82) is 0 Å². The minimum atomic E-state index is -1.75. The van der Waals surface area contributed by atoms with Crippen LogP contribution in [0, 0.1) is 0 Å². The molecule has 1 aromatic heterocycles. The fourth-order valence-electron chi connectivity index (χ4n) is 2.55. The molecule has 1 heterocycles. The average Bonchev–Trinajstić information content (AvgIpc) is 2.64. The Labute approximate surface area is 168 Å². The third kappa shape index (κ3) is 4.69. The first kappa shape index (κ1) is 20.3. The van der Waals surface area contributed by atoms with Crippen molar-refractivity contribution in [2.45, 2.75) is 38.9 Å². The zero-order valence-electron chi connectivity index (χ0n) is 17.3. The molecule has 3 aromatic rings. The first-order valence-corrected chi connectivity index (χ1v) is 12.5. The summed E-state index contributed by atoms with van der Waals surface area (Å²) in [6.45, 7) is 12.3. The molecule has 0 atom stereocenters. The fourth-order valence-corrected chi connectivity index (χ4v) is 3.57. The van der Waals surface area contributed by atoms with Crippen molar-refractivity contribution in [3.05, 3.63) is 48.7 Å². The summed E-state index contributed by atoms with van der Waals surface area (Å²) in [5.74, 6) is 0.773. The first-order valence-electron chi connectivity index (χ1n) is 9.55. The minimum absolute atomic E-state index is 0.198. The maximum Gasteiger partial charge on any atom is 0.192 e. The topological polar surface area (TPSA) is 70.3 Å². The predicted molar refractivity (Wildman–Crippen MR) is 118 cm³/mol. The average molecular weight is 396 g/mol. The van der Waals surface area contributed by atoms with E-state index in [1.54, 1.807) is 6.20 Å². The lowest BCUT2D eigenvalue weighted by molar-refractivity contribution is 0.203. The monoisotopic (exact) mass is 395 g/mol. The van der Waals surface area contributed by atoms with Gasteiger partial charge in [0.2, 0.25) is 0 Å². The predicted octanol–water partition coefficient (Wildman–Crippen LogP) is 5.28. The highest BCUT2D eigenvalue weighted by atomic mass is 28.4. The van der Waals surface area contributed by atoms with Crippen LogP contribution in [0.2, 0.25) is 18.1 Å². The Morgan fingerprint density at radius 1 is 0.964 bits per heavy atom. The van der Waals surface area contributed by atoms with E-state index in [0.717, 1.165) is 33.7 Å². The molecule has 3 rings (SSSR count). The number of hydrogen-bond donors (Lipinski definition) is 1. The molecule has 0 aliphatic carbocycles. The Bertz CT molecular complexity index is 950. The molecule has 0 saturated carbocycles. The van der Waals surface area contributed by atoms with E-state index in [1.165, 1.54) is 0 Å². The van der Waals surface area contributed by atoms with Crippen molar-refractivity contribution in [1.82, 2.24) is 9.97 Å². The van der Waals surface area contributed by atoms with Crippen LogP contribution in [0.4, 0.5) is 5.69 Å². The lowest BCUT2D eigenvalue weighted by Crippen LogP contribution is -2.41. The van der Waals surface area contributed by atoms with Gasteiger partial charge in [-0.2, -0.15) is 0 Å². The molecule has 0 unspecified atom stereocenters. The van der Waals surface area contributed by atoms with Crippen LogP contribution in [0.15, 0.2) is 48.7 Å². The van der Waals surface area contributed by atoms with Crippen LogP contribution in [0.3, 0.4) is 0 Å². The van der Waals surface area contributed by atoms with Crippen LogP contribution in [0.1, 0.15) is 20.8 Å². The first-order chi connectivity index (χ1) is 13.2. The van der Waals surface area contributed by atoms with E-state index < -0.39 is 8.32 Å². The molecule has 0 aliphatic rings. The van der Waals surface area contributed by atoms with Gasteiger partial charge in [0.15, 0.2) is 8.32 Å². The second kappa shape index (κ2) is 7.89. The molecule has 0 amide bonds. The van der Waals surface area contributed by atoms with Gasteiger partial charge in [-0.3, -0.25) is 4.98 Å². The van der Waals surface area contributed by atoms with E-state index in [-0.39, 0.29) is 5.04 Å². The summed E-state index contributed by atoms with van der Waals surface area (Å²) in [5.41, 5.74) is 9.93. The summed E-state index contributed by atoms with van der Waals surface area (Å²) in [7, 11) is -1.75. The third-order valence-corrected chi connectivity index (χ3v) is 9.88. The molecule has 0 fully saturated rings. The Hall–Kier alpha value is -2.44. The fraction of sp³-hybridized carbons (Fsp3) is 0.364. The van der Waals surface area contributed by atoms with Crippen LogP contribution >= 0.6 is 0 Å². The van der Waals surface area contributed by atoms with Crippen LogP contribution in [-0.4, -0.2) is 31.5 Å².